The highest BCUT2D eigenvalue weighted by Crippen LogP contribution is 2.27. The van der Waals surface area contributed by atoms with Gasteiger partial charge in [0, 0.05) is 31.7 Å². The van der Waals surface area contributed by atoms with E-state index in [2.05, 4.69) is 31.7 Å². The van der Waals surface area contributed by atoms with Gasteiger partial charge in [-0.05, 0) is 57.8 Å². The van der Waals surface area contributed by atoms with Crippen LogP contribution in [-0.2, 0) is 13.6 Å². The van der Waals surface area contributed by atoms with Crippen molar-refractivity contribution in [3.05, 3.63) is 41.2 Å². The lowest BCUT2D eigenvalue weighted by atomic mass is 9.97. The third-order valence-corrected chi connectivity index (χ3v) is 5.74. The Morgan fingerprint density at radius 1 is 1.15 bits per heavy atom. The number of piperidine rings is 1. The zero-order chi connectivity index (χ0) is 18.8. The number of nitrogens with zero attached hydrogens (tertiary/aromatic N) is 6. The van der Waals surface area contributed by atoms with E-state index in [4.69, 9.17) is 0 Å². The Morgan fingerprint density at radius 3 is 2.74 bits per heavy atom. The fraction of sp³-hybridized carbons (Fsp3) is 0.600. The van der Waals surface area contributed by atoms with E-state index in [1.165, 1.54) is 12.8 Å². The number of rotatable bonds is 4. The molecular weight excluding hydrogens is 340 g/mol. The first kappa shape index (κ1) is 18.1. The van der Waals surface area contributed by atoms with Crippen molar-refractivity contribution in [3.63, 3.8) is 0 Å². The molecule has 2 saturated heterocycles. The van der Waals surface area contributed by atoms with Crippen molar-refractivity contribution in [1.29, 1.82) is 0 Å². The van der Waals surface area contributed by atoms with Crippen LogP contribution in [0.2, 0.25) is 0 Å². The SMILES string of the molecule is Cc1cccc(C(=O)N2CCCC(c3nnc(CN4CCCC4)n3C)C2)n1. The minimum absolute atomic E-state index is 0.0165. The Labute approximate surface area is 160 Å². The van der Waals surface area contributed by atoms with Crippen molar-refractivity contribution in [2.75, 3.05) is 26.2 Å². The number of pyridine rings is 1. The van der Waals surface area contributed by atoms with Crippen molar-refractivity contribution >= 4 is 5.91 Å². The Hall–Kier alpha value is -2.28. The van der Waals surface area contributed by atoms with Crippen molar-refractivity contribution in [2.24, 2.45) is 7.05 Å². The van der Waals surface area contributed by atoms with Gasteiger partial charge in [0.2, 0.25) is 0 Å². The number of carbonyl (C=O) groups is 1. The standard InChI is InChI=1S/C20H28N6O/c1-15-7-5-9-17(21-15)20(27)26-12-6-8-16(13-26)19-23-22-18(24(19)2)14-25-10-3-4-11-25/h5,7,9,16H,3-4,6,8,10-14H2,1-2H3. The van der Waals surface area contributed by atoms with Gasteiger partial charge in [0.1, 0.15) is 17.3 Å². The molecule has 144 valence electrons. The summed E-state index contributed by atoms with van der Waals surface area (Å²) in [5, 5.41) is 8.94. The van der Waals surface area contributed by atoms with Gasteiger partial charge in [-0.3, -0.25) is 9.69 Å². The van der Waals surface area contributed by atoms with Gasteiger partial charge >= 0.3 is 0 Å². The summed E-state index contributed by atoms with van der Waals surface area (Å²) in [6.07, 6.45) is 4.58. The largest absolute Gasteiger partial charge is 0.337 e. The monoisotopic (exact) mass is 368 g/mol. The van der Waals surface area contributed by atoms with Crippen LogP contribution in [0.4, 0.5) is 0 Å². The second kappa shape index (κ2) is 7.76. The number of aromatic nitrogens is 4. The summed E-state index contributed by atoms with van der Waals surface area (Å²) in [6, 6.07) is 5.61. The number of carbonyl (C=O) groups excluding carboxylic acids is 1. The Bertz CT molecular complexity index is 811. The average Bonchev–Trinajstić information content (AvgIpc) is 3.32. The molecule has 27 heavy (non-hydrogen) atoms. The molecule has 0 radical (unpaired) electrons. The third kappa shape index (κ3) is 3.88. The number of amides is 1. The highest BCUT2D eigenvalue weighted by molar-refractivity contribution is 5.92. The summed E-state index contributed by atoms with van der Waals surface area (Å²) in [7, 11) is 2.06. The van der Waals surface area contributed by atoms with E-state index in [0.717, 1.165) is 56.4 Å². The maximum absolute atomic E-state index is 12.9. The lowest BCUT2D eigenvalue weighted by Crippen LogP contribution is -2.40. The zero-order valence-electron chi connectivity index (χ0n) is 16.3. The molecule has 0 spiro atoms. The summed E-state index contributed by atoms with van der Waals surface area (Å²) in [6.45, 7) is 6.55. The molecule has 2 aromatic rings. The second-order valence-electron chi connectivity index (χ2n) is 7.77. The van der Waals surface area contributed by atoms with Gasteiger partial charge in [-0.15, -0.1) is 10.2 Å². The van der Waals surface area contributed by atoms with E-state index in [9.17, 15) is 4.79 Å². The van der Waals surface area contributed by atoms with Gasteiger partial charge in [-0.25, -0.2) is 4.98 Å². The molecule has 7 heteroatoms. The van der Waals surface area contributed by atoms with Crippen LogP contribution in [0.3, 0.4) is 0 Å². The van der Waals surface area contributed by atoms with Gasteiger partial charge in [0.15, 0.2) is 0 Å². The van der Waals surface area contributed by atoms with Crippen LogP contribution in [0.1, 0.15) is 59.4 Å². The highest BCUT2D eigenvalue weighted by Gasteiger charge is 2.29. The van der Waals surface area contributed by atoms with Crippen LogP contribution in [0.15, 0.2) is 18.2 Å². The van der Waals surface area contributed by atoms with Crippen molar-refractivity contribution in [2.45, 2.75) is 45.1 Å². The van der Waals surface area contributed by atoms with Gasteiger partial charge in [-0.1, -0.05) is 6.07 Å². The molecule has 0 bridgehead atoms. The molecular formula is C20H28N6O. The number of aryl methyl sites for hydroxylation is 1. The van der Waals surface area contributed by atoms with Crippen molar-refractivity contribution in [3.8, 4) is 0 Å². The average molecular weight is 368 g/mol. The molecule has 1 unspecified atom stereocenters. The molecule has 2 aliphatic rings. The van der Waals surface area contributed by atoms with E-state index in [0.29, 0.717) is 12.2 Å². The minimum atomic E-state index is 0.0165. The van der Waals surface area contributed by atoms with E-state index in [1.54, 1.807) is 6.07 Å². The summed E-state index contributed by atoms with van der Waals surface area (Å²) in [4.78, 5) is 21.6. The van der Waals surface area contributed by atoms with Crippen molar-refractivity contribution < 1.29 is 4.79 Å². The molecule has 4 heterocycles. The molecule has 0 N–H and O–H groups in total. The Kier molecular flexibility index (Phi) is 5.20. The van der Waals surface area contributed by atoms with Crippen LogP contribution in [0.5, 0.6) is 0 Å². The van der Waals surface area contributed by atoms with Crippen LogP contribution < -0.4 is 0 Å². The van der Waals surface area contributed by atoms with Gasteiger partial charge in [0.25, 0.3) is 5.91 Å². The van der Waals surface area contributed by atoms with Gasteiger partial charge < -0.3 is 9.47 Å². The lowest BCUT2D eigenvalue weighted by molar-refractivity contribution is 0.0697. The summed E-state index contributed by atoms with van der Waals surface area (Å²) >= 11 is 0. The summed E-state index contributed by atoms with van der Waals surface area (Å²) in [5.41, 5.74) is 1.40. The Morgan fingerprint density at radius 2 is 1.96 bits per heavy atom. The third-order valence-electron chi connectivity index (χ3n) is 5.74. The first-order valence-corrected chi connectivity index (χ1v) is 9.95. The quantitative estimate of drug-likeness (QED) is 0.827. The fourth-order valence-electron chi connectivity index (χ4n) is 4.21. The number of hydrogen-bond donors (Lipinski definition) is 0. The molecule has 4 rings (SSSR count). The topological polar surface area (TPSA) is 67.2 Å². The molecule has 0 saturated carbocycles. The summed E-state index contributed by atoms with van der Waals surface area (Å²) < 4.78 is 2.14. The number of likely N-dealkylation sites (tertiary alicyclic amines) is 2. The molecule has 2 aromatic heterocycles. The minimum Gasteiger partial charge on any atom is -0.337 e. The fourth-order valence-corrected chi connectivity index (χ4v) is 4.21. The van der Waals surface area contributed by atoms with Gasteiger partial charge in [-0.2, -0.15) is 0 Å². The van der Waals surface area contributed by atoms with E-state index < -0.39 is 0 Å². The maximum Gasteiger partial charge on any atom is 0.272 e. The van der Waals surface area contributed by atoms with Crippen LogP contribution >= 0.6 is 0 Å². The first-order chi connectivity index (χ1) is 13.1. The lowest BCUT2D eigenvalue weighted by Gasteiger charge is -2.32. The first-order valence-electron chi connectivity index (χ1n) is 9.95. The predicted molar refractivity (Wildman–Crippen MR) is 102 cm³/mol. The maximum atomic E-state index is 12.9. The predicted octanol–water partition coefficient (Wildman–Crippen LogP) is 2.13. The molecule has 1 amide bonds. The second-order valence-corrected chi connectivity index (χ2v) is 7.77. The normalized spacial score (nSPS) is 21.0. The van der Waals surface area contributed by atoms with Crippen molar-refractivity contribution in [1.82, 2.24) is 29.5 Å². The van der Waals surface area contributed by atoms with E-state index in [-0.39, 0.29) is 11.8 Å². The molecule has 0 aromatic carbocycles. The van der Waals surface area contributed by atoms with Gasteiger partial charge in [0.05, 0.1) is 6.54 Å². The van der Waals surface area contributed by atoms with E-state index in [1.807, 2.05) is 24.0 Å². The number of hydrogen-bond acceptors (Lipinski definition) is 5. The van der Waals surface area contributed by atoms with E-state index >= 15 is 0 Å². The molecule has 2 fully saturated rings. The van der Waals surface area contributed by atoms with Crippen LogP contribution in [0, 0.1) is 6.92 Å². The summed E-state index contributed by atoms with van der Waals surface area (Å²) in [5.74, 6) is 2.27. The molecule has 1 atom stereocenters. The van der Waals surface area contributed by atoms with Crippen LogP contribution in [0.25, 0.3) is 0 Å². The molecule has 2 aliphatic heterocycles. The molecule has 7 nitrogen and oxygen atoms in total. The molecule has 0 aliphatic carbocycles. The highest BCUT2D eigenvalue weighted by atomic mass is 16.2. The zero-order valence-corrected chi connectivity index (χ0v) is 16.3. The smallest absolute Gasteiger partial charge is 0.272 e. The Balaban J connectivity index is 1.46. The van der Waals surface area contributed by atoms with Crippen LogP contribution in [-0.4, -0.2) is 61.6 Å².